The molecule has 1 unspecified atom stereocenters. The maximum Gasteiger partial charge on any atom is 0.301 e. The molecule has 1 aromatic carbocycles. The molecular weight excluding hydrogens is 466 g/mol. The lowest BCUT2D eigenvalue weighted by Gasteiger charge is -2.28. The fourth-order valence-electron chi connectivity index (χ4n) is 3.91. The summed E-state index contributed by atoms with van der Waals surface area (Å²) in [5, 5.41) is 0. The molecule has 0 amide bonds. The summed E-state index contributed by atoms with van der Waals surface area (Å²) in [6, 6.07) is 10.3. The van der Waals surface area contributed by atoms with Crippen molar-refractivity contribution in [3.05, 3.63) is 42.2 Å². The second-order valence-corrected chi connectivity index (χ2v) is 19.5. The van der Waals surface area contributed by atoms with E-state index in [-0.39, 0.29) is 18.4 Å². The van der Waals surface area contributed by atoms with Gasteiger partial charge in [0, 0.05) is 6.42 Å². The smallest absolute Gasteiger partial charge is 0.301 e. The highest BCUT2D eigenvalue weighted by molar-refractivity contribution is 6.70. The third-order valence-corrected chi connectivity index (χ3v) is 7.38. The molecule has 3 heterocycles. The summed E-state index contributed by atoms with van der Waals surface area (Å²) in [6.07, 6.45) is 1.42. The van der Waals surface area contributed by atoms with Gasteiger partial charge in [-0.3, -0.25) is 4.57 Å². The van der Waals surface area contributed by atoms with Crippen LogP contribution in [0.1, 0.15) is 18.2 Å². The number of nitrogens with two attached hydrogens (primary N) is 1. The number of fused-ring (bicyclic) bond motifs is 1. The Balaban J connectivity index is 1.65. The SMILES string of the molecule is C[Si](C)(C)OC[C@H]1O[C@@H](n2c(OCc3ccccc3)nc3c(N)ncnc32)CC1O[Si](C)(C)C. The van der Waals surface area contributed by atoms with Crippen LogP contribution in [-0.2, 0) is 20.2 Å². The molecular formula is C23H35N5O4Si2. The molecule has 11 heteroatoms. The summed E-state index contributed by atoms with van der Waals surface area (Å²) < 4.78 is 27.3. The van der Waals surface area contributed by atoms with Crippen LogP contribution < -0.4 is 10.5 Å². The van der Waals surface area contributed by atoms with E-state index in [0.29, 0.717) is 42.6 Å². The van der Waals surface area contributed by atoms with Crippen molar-refractivity contribution < 1.29 is 18.3 Å². The number of ether oxygens (including phenoxy) is 2. The summed E-state index contributed by atoms with van der Waals surface area (Å²) in [7, 11) is -3.53. The molecule has 0 radical (unpaired) electrons. The minimum Gasteiger partial charge on any atom is -0.460 e. The third kappa shape index (κ3) is 6.02. The largest absolute Gasteiger partial charge is 0.460 e. The average molecular weight is 502 g/mol. The van der Waals surface area contributed by atoms with Crippen molar-refractivity contribution >= 4 is 33.6 Å². The molecule has 0 saturated carbocycles. The minimum absolute atomic E-state index is 0.0911. The number of hydrogen-bond acceptors (Lipinski definition) is 8. The fourth-order valence-corrected chi connectivity index (χ4v) is 5.73. The van der Waals surface area contributed by atoms with Crippen LogP contribution in [-0.4, -0.2) is 55.0 Å². The quantitative estimate of drug-likeness (QED) is 0.431. The van der Waals surface area contributed by atoms with Crippen molar-refractivity contribution in [3.8, 4) is 6.01 Å². The van der Waals surface area contributed by atoms with E-state index in [1.165, 1.54) is 6.33 Å². The van der Waals surface area contributed by atoms with Crippen LogP contribution in [0.5, 0.6) is 6.01 Å². The molecule has 3 aromatic rings. The molecule has 4 rings (SSSR count). The van der Waals surface area contributed by atoms with Gasteiger partial charge in [-0.1, -0.05) is 30.3 Å². The Morgan fingerprint density at radius 1 is 1.06 bits per heavy atom. The molecule has 184 valence electrons. The van der Waals surface area contributed by atoms with Crippen molar-refractivity contribution in [2.45, 2.75) is 70.7 Å². The van der Waals surface area contributed by atoms with E-state index in [9.17, 15) is 0 Å². The second-order valence-electron chi connectivity index (χ2n) is 10.5. The van der Waals surface area contributed by atoms with Gasteiger partial charge in [0.15, 0.2) is 33.6 Å². The summed E-state index contributed by atoms with van der Waals surface area (Å²) in [5.74, 6) is 0.305. The van der Waals surface area contributed by atoms with E-state index in [1.54, 1.807) is 0 Å². The van der Waals surface area contributed by atoms with Crippen LogP contribution >= 0.6 is 0 Å². The first-order valence-electron chi connectivity index (χ1n) is 11.6. The van der Waals surface area contributed by atoms with Crippen molar-refractivity contribution in [1.29, 1.82) is 0 Å². The van der Waals surface area contributed by atoms with Crippen LogP contribution in [0.2, 0.25) is 39.3 Å². The van der Waals surface area contributed by atoms with Gasteiger partial charge in [-0.05, 0) is 44.8 Å². The zero-order chi connectivity index (χ0) is 24.5. The zero-order valence-corrected chi connectivity index (χ0v) is 22.8. The Kier molecular flexibility index (Phi) is 7.10. The first kappa shape index (κ1) is 24.8. The Morgan fingerprint density at radius 2 is 1.79 bits per heavy atom. The van der Waals surface area contributed by atoms with Crippen LogP contribution in [0.3, 0.4) is 0 Å². The Bertz CT molecular complexity index is 1110. The number of nitrogen functional groups attached to an aromatic ring is 1. The molecule has 1 aliphatic heterocycles. The average Bonchev–Trinajstić information content (AvgIpc) is 3.31. The van der Waals surface area contributed by atoms with Gasteiger partial charge in [0.2, 0.25) is 0 Å². The molecule has 2 aromatic heterocycles. The molecule has 0 bridgehead atoms. The predicted octanol–water partition coefficient (Wildman–Crippen LogP) is 4.35. The van der Waals surface area contributed by atoms with E-state index < -0.39 is 16.6 Å². The van der Waals surface area contributed by atoms with Gasteiger partial charge >= 0.3 is 6.01 Å². The maximum atomic E-state index is 6.54. The monoisotopic (exact) mass is 501 g/mol. The molecule has 0 spiro atoms. The van der Waals surface area contributed by atoms with E-state index in [4.69, 9.17) is 24.1 Å². The minimum atomic E-state index is -1.81. The highest BCUT2D eigenvalue weighted by Gasteiger charge is 2.42. The van der Waals surface area contributed by atoms with Crippen molar-refractivity contribution in [2.24, 2.45) is 0 Å². The number of hydrogen-bond donors (Lipinski definition) is 1. The molecule has 1 aliphatic rings. The Labute approximate surface area is 202 Å². The van der Waals surface area contributed by atoms with Crippen LogP contribution in [0.4, 0.5) is 5.82 Å². The van der Waals surface area contributed by atoms with Gasteiger partial charge in [0.1, 0.15) is 25.3 Å². The standard InChI is InChI=1S/C23H35N5O4Si2/c1-33(2,3)30-14-18-17(32-34(4,5)6)12-19(31-18)28-22-20(21(24)25-15-26-22)27-23(28)29-13-16-10-8-7-9-11-16/h7-11,15,17-19H,12-14H2,1-6H3,(H2,24,25,26)/t17?,18-,19-/m1/s1. The highest BCUT2D eigenvalue weighted by Crippen LogP contribution is 2.38. The van der Waals surface area contributed by atoms with Crippen LogP contribution in [0.25, 0.3) is 11.2 Å². The van der Waals surface area contributed by atoms with Gasteiger partial charge in [0.25, 0.3) is 0 Å². The second kappa shape index (κ2) is 9.74. The van der Waals surface area contributed by atoms with Gasteiger partial charge in [-0.15, -0.1) is 0 Å². The summed E-state index contributed by atoms with van der Waals surface area (Å²) in [5.41, 5.74) is 8.24. The first-order chi connectivity index (χ1) is 16.0. The number of imidazole rings is 1. The summed E-state index contributed by atoms with van der Waals surface area (Å²) >= 11 is 0. The van der Waals surface area contributed by atoms with Crippen molar-refractivity contribution in [3.63, 3.8) is 0 Å². The van der Waals surface area contributed by atoms with Crippen molar-refractivity contribution in [1.82, 2.24) is 19.5 Å². The molecule has 3 atom stereocenters. The molecule has 1 fully saturated rings. The molecule has 2 N–H and O–H groups in total. The molecule has 0 aliphatic carbocycles. The van der Waals surface area contributed by atoms with E-state index in [2.05, 4.69) is 54.2 Å². The Morgan fingerprint density at radius 3 is 2.47 bits per heavy atom. The van der Waals surface area contributed by atoms with Gasteiger partial charge in [0.05, 0.1) is 12.7 Å². The summed E-state index contributed by atoms with van der Waals surface area (Å²) in [4.78, 5) is 13.2. The number of nitrogens with zero attached hydrogens (tertiary/aromatic N) is 4. The summed E-state index contributed by atoms with van der Waals surface area (Å²) in [6.45, 7) is 13.9. The normalized spacial score (nSPS) is 21.3. The predicted molar refractivity (Wildman–Crippen MR) is 137 cm³/mol. The number of aromatic nitrogens is 4. The number of rotatable bonds is 9. The van der Waals surface area contributed by atoms with E-state index in [0.717, 1.165) is 5.56 Å². The van der Waals surface area contributed by atoms with Gasteiger partial charge < -0.3 is 24.1 Å². The van der Waals surface area contributed by atoms with Crippen molar-refractivity contribution in [2.75, 3.05) is 12.3 Å². The molecule has 34 heavy (non-hydrogen) atoms. The lowest BCUT2D eigenvalue weighted by atomic mass is 10.2. The topological polar surface area (TPSA) is 107 Å². The van der Waals surface area contributed by atoms with Gasteiger partial charge in [-0.25, -0.2) is 9.97 Å². The molecule has 1 saturated heterocycles. The highest BCUT2D eigenvalue weighted by atomic mass is 28.4. The lowest BCUT2D eigenvalue weighted by molar-refractivity contribution is -0.0394. The van der Waals surface area contributed by atoms with Crippen LogP contribution in [0, 0.1) is 0 Å². The maximum absolute atomic E-state index is 6.54. The zero-order valence-electron chi connectivity index (χ0n) is 20.8. The van der Waals surface area contributed by atoms with E-state index in [1.807, 2.05) is 34.9 Å². The van der Waals surface area contributed by atoms with E-state index >= 15 is 0 Å². The fraction of sp³-hybridized carbons (Fsp3) is 0.522. The van der Waals surface area contributed by atoms with Gasteiger partial charge in [-0.2, -0.15) is 4.98 Å². The number of benzene rings is 1. The first-order valence-corrected chi connectivity index (χ1v) is 18.4. The van der Waals surface area contributed by atoms with Crippen LogP contribution in [0.15, 0.2) is 36.7 Å². The Hall–Kier alpha value is -2.32. The molecule has 9 nitrogen and oxygen atoms in total. The lowest BCUT2D eigenvalue weighted by Crippen LogP contribution is -2.40. The number of anilines is 1. The third-order valence-electron chi connectivity index (χ3n) is 5.34.